The molecule has 0 fully saturated rings. The fourth-order valence-electron chi connectivity index (χ4n) is 2.30. The van der Waals surface area contributed by atoms with E-state index in [2.05, 4.69) is 27.5 Å². The lowest BCUT2D eigenvalue weighted by atomic mass is 10.3. The Kier molecular flexibility index (Phi) is 2.91. The molecule has 2 aromatic heterocycles. The summed E-state index contributed by atoms with van der Waals surface area (Å²) in [6.07, 6.45) is 1.05. The van der Waals surface area contributed by atoms with Crippen LogP contribution in [-0.2, 0) is 6.54 Å². The topological polar surface area (TPSA) is 56.7 Å². The van der Waals surface area contributed by atoms with Gasteiger partial charge in [0.15, 0.2) is 5.82 Å². The number of imidazole rings is 1. The van der Waals surface area contributed by atoms with Crippen molar-refractivity contribution in [2.24, 2.45) is 0 Å². The van der Waals surface area contributed by atoms with E-state index in [1.54, 1.807) is 6.07 Å². The summed E-state index contributed by atoms with van der Waals surface area (Å²) in [5.74, 6) is 1.41. The van der Waals surface area contributed by atoms with Crippen LogP contribution in [0.15, 0.2) is 42.5 Å². The van der Waals surface area contributed by atoms with E-state index in [1.165, 1.54) is 0 Å². The van der Waals surface area contributed by atoms with Crippen molar-refractivity contribution in [2.75, 3.05) is 5.73 Å². The normalized spacial score (nSPS) is 11.0. The minimum Gasteiger partial charge on any atom is -0.384 e. The first-order chi connectivity index (χ1) is 9.29. The third-order valence-electron chi connectivity index (χ3n) is 3.10. The average Bonchev–Trinajstić information content (AvgIpc) is 2.79. The third-order valence-corrected chi connectivity index (χ3v) is 3.10. The molecule has 0 spiro atoms. The van der Waals surface area contributed by atoms with Crippen LogP contribution in [-0.4, -0.2) is 14.5 Å². The highest BCUT2D eigenvalue weighted by molar-refractivity contribution is 5.80. The van der Waals surface area contributed by atoms with E-state index >= 15 is 0 Å². The van der Waals surface area contributed by atoms with E-state index in [4.69, 9.17) is 5.73 Å². The largest absolute Gasteiger partial charge is 0.384 e. The zero-order valence-corrected chi connectivity index (χ0v) is 10.9. The van der Waals surface area contributed by atoms with Crippen LogP contribution in [0.4, 0.5) is 5.82 Å². The highest BCUT2D eigenvalue weighted by Gasteiger charge is 2.12. The number of para-hydroxylation sites is 2. The highest BCUT2D eigenvalue weighted by Crippen LogP contribution is 2.24. The van der Waals surface area contributed by atoms with Gasteiger partial charge in [0.25, 0.3) is 0 Å². The van der Waals surface area contributed by atoms with Gasteiger partial charge in [0, 0.05) is 6.54 Å². The van der Waals surface area contributed by atoms with Crippen molar-refractivity contribution in [3.05, 3.63) is 42.5 Å². The van der Waals surface area contributed by atoms with Crippen molar-refractivity contribution < 1.29 is 0 Å². The maximum Gasteiger partial charge on any atom is 0.159 e. The van der Waals surface area contributed by atoms with Crippen LogP contribution < -0.4 is 5.73 Å². The van der Waals surface area contributed by atoms with Crippen molar-refractivity contribution >= 4 is 16.9 Å². The van der Waals surface area contributed by atoms with Crippen LogP contribution in [0.2, 0.25) is 0 Å². The number of nitrogens with two attached hydrogens (primary N) is 1. The summed E-state index contributed by atoms with van der Waals surface area (Å²) in [5.41, 5.74) is 8.73. The summed E-state index contributed by atoms with van der Waals surface area (Å²) in [7, 11) is 0. The van der Waals surface area contributed by atoms with Crippen molar-refractivity contribution in [1.82, 2.24) is 14.5 Å². The summed E-state index contributed by atoms with van der Waals surface area (Å²) >= 11 is 0. The monoisotopic (exact) mass is 252 g/mol. The van der Waals surface area contributed by atoms with Crippen LogP contribution in [0.25, 0.3) is 22.6 Å². The predicted molar refractivity (Wildman–Crippen MR) is 77.7 cm³/mol. The minimum atomic E-state index is 0.521. The Hall–Kier alpha value is -2.36. The molecule has 0 aliphatic heterocycles. The molecule has 1 aromatic carbocycles. The second kappa shape index (κ2) is 4.72. The number of pyridine rings is 1. The van der Waals surface area contributed by atoms with Gasteiger partial charge in [0.2, 0.25) is 0 Å². The van der Waals surface area contributed by atoms with E-state index in [-0.39, 0.29) is 0 Å². The summed E-state index contributed by atoms with van der Waals surface area (Å²) in [6, 6.07) is 13.8. The number of nitrogens with zero attached hydrogens (tertiary/aromatic N) is 3. The Balaban J connectivity index is 2.25. The molecule has 0 unspecified atom stereocenters. The SMILES string of the molecule is CCCn1c(-c2cccc(N)n2)nc2ccccc21. The van der Waals surface area contributed by atoms with Gasteiger partial charge in [0.1, 0.15) is 11.5 Å². The van der Waals surface area contributed by atoms with Crippen LogP contribution in [0, 0.1) is 0 Å². The van der Waals surface area contributed by atoms with E-state index < -0.39 is 0 Å². The van der Waals surface area contributed by atoms with Gasteiger partial charge in [-0.1, -0.05) is 25.1 Å². The van der Waals surface area contributed by atoms with Crippen LogP contribution in [0.1, 0.15) is 13.3 Å². The number of aryl methyl sites for hydroxylation is 1. The Morgan fingerprint density at radius 1 is 1.05 bits per heavy atom. The summed E-state index contributed by atoms with van der Waals surface area (Å²) in [4.78, 5) is 9.06. The Labute approximate surface area is 111 Å². The smallest absolute Gasteiger partial charge is 0.159 e. The van der Waals surface area contributed by atoms with Crippen molar-refractivity contribution in [3.8, 4) is 11.5 Å². The first-order valence-electron chi connectivity index (χ1n) is 6.48. The molecule has 3 aromatic rings. The lowest BCUT2D eigenvalue weighted by molar-refractivity contribution is 0.702. The lowest BCUT2D eigenvalue weighted by Crippen LogP contribution is -2.01. The number of hydrogen-bond donors (Lipinski definition) is 1. The molecule has 0 bridgehead atoms. The number of anilines is 1. The van der Waals surface area contributed by atoms with E-state index in [1.807, 2.05) is 30.3 Å². The summed E-state index contributed by atoms with van der Waals surface area (Å²) in [5, 5.41) is 0. The molecule has 0 atom stereocenters. The Morgan fingerprint density at radius 2 is 1.89 bits per heavy atom. The van der Waals surface area contributed by atoms with Gasteiger partial charge >= 0.3 is 0 Å². The molecule has 4 heteroatoms. The number of benzene rings is 1. The first kappa shape index (κ1) is 11.7. The lowest BCUT2D eigenvalue weighted by Gasteiger charge is -2.07. The minimum absolute atomic E-state index is 0.521. The van der Waals surface area contributed by atoms with Gasteiger partial charge in [-0.25, -0.2) is 9.97 Å². The molecule has 2 heterocycles. The van der Waals surface area contributed by atoms with Gasteiger partial charge in [0.05, 0.1) is 11.0 Å². The Morgan fingerprint density at radius 3 is 2.68 bits per heavy atom. The fraction of sp³-hybridized carbons (Fsp3) is 0.200. The number of hydrogen-bond acceptors (Lipinski definition) is 3. The number of nitrogen functional groups attached to an aromatic ring is 1. The molecule has 0 amide bonds. The fourth-order valence-corrected chi connectivity index (χ4v) is 2.30. The molecule has 2 N–H and O–H groups in total. The second-order valence-corrected chi connectivity index (χ2v) is 4.52. The molecular weight excluding hydrogens is 236 g/mol. The van der Waals surface area contributed by atoms with Gasteiger partial charge in [-0.05, 0) is 30.7 Å². The Bertz CT molecular complexity index is 715. The summed E-state index contributed by atoms with van der Waals surface area (Å²) < 4.78 is 2.21. The molecule has 4 nitrogen and oxygen atoms in total. The number of rotatable bonds is 3. The predicted octanol–water partition coefficient (Wildman–Crippen LogP) is 3.09. The molecule has 0 aliphatic rings. The number of aromatic nitrogens is 3. The maximum absolute atomic E-state index is 5.77. The molecular formula is C15H16N4. The number of fused-ring (bicyclic) bond motifs is 1. The van der Waals surface area contributed by atoms with Gasteiger partial charge in [-0.2, -0.15) is 0 Å². The first-order valence-corrected chi connectivity index (χ1v) is 6.48. The van der Waals surface area contributed by atoms with Crippen LogP contribution in [0.3, 0.4) is 0 Å². The third kappa shape index (κ3) is 2.05. The molecule has 0 saturated heterocycles. The molecule has 0 saturated carbocycles. The highest BCUT2D eigenvalue weighted by atomic mass is 15.1. The molecule has 3 rings (SSSR count). The van der Waals surface area contributed by atoms with E-state index in [0.717, 1.165) is 35.5 Å². The van der Waals surface area contributed by atoms with Crippen molar-refractivity contribution in [2.45, 2.75) is 19.9 Å². The van der Waals surface area contributed by atoms with Gasteiger partial charge in [-0.15, -0.1) is 0 Å². The molecule has 19 heavy (non-hydrogen) atoms. The standard InChI is InChI=1S/C15H16N4/c1-2-10-19-13-8-4-3-6-11(13)18-15(19)12-7-5-9-14(16)17-12/h3-9H,2,10H2,1H3,(H2,16,17). The van der Waals surface area contributed by atoms with Crippen molar-refractivity contribution in [3.63, 3.8) is 0 Å². The zero-order chi connectivity index (χ0) is 13.2. The van der Waals surface area contributed by atoms with Gasteiger partial charge < -0.3 is 10.3 Å². The zero-order valence-electron chi connectivity index (χ0n) is 10.9. The van der Waals surface area contributed by atoms with E-state index in [9.17, 15) is 0 Å². The quantitative estimate of drug-likeness (QED) is 0.779. The summed E-state index contributed by atoms with van der Waals surface area (Å²) in [6.45, 7) is 3.08. The van der Waals surface area contributed by atoms with E-state index in [0.29, 0.717) is 5.82 Å². The average molecular weight is 252 g/mol. The second-order valence-electron chi connectivity index (χ2n) is 4.52. The molecule has 0 aliphatic carbocycles. The molecule has 0 radical (unpaired) electrons. The van der Waals surface area contributed by atoms with Crippen molar-refractivity contribution in [1.29, 1.82) is 0 Å². The van der Waals surface area contributed by atoms with Crippen LogP contribution >= 0.6 is 0 Å². The maximum atomic E-state index is 5.77. The van der Waals surface area contributed by atoms with Crippen LogP contribution in [0.5, 0.6) is 0 Å². The van der Waals surface area contributed by atoms with Gasteiger partial charge in [-0.3, -0.25) is 0 Å². The molecule has 96 valence electrons.